The summed E-state index contributed by atoms with van der Waals surface area (Å²) in [7, 11) is 0. The number of nitrogens with one attached hydrogen (secondary N) is 1. The molecule has 2 aliphatic heterocycles. The van der Waals surface area contributed by atoms with Gasteiger partial charge in [0.2, 0.25) is 5.91 Å². The number of benzene rings is 1. The van der Waals surface area contributed by atoms with Crippen LogP contribution in [0.15, 0.2) is 24.4 Å². The lowest BCUT2D eigenvalue weighted by Crippen LogP contribution is -2.46. The predicted molar refractivity (Wildman–Crippen MR) is 91.4 cm³/mol. The van der Waals surface area contributed by atoms with Crippen molar-refractivity contribution in [3.05, 3.63) is 46.5 Å². The number of aromatic nitrogens is 2. The predicted octanol–water partition coefficient (Wildman–Crippen LogP) is 2.53. The van der Waals surface area contributed by atoms with Crippen LogP contribution in [-0.4, -0.2) is 28.1 Å². The summed E-state index contributed by atoms with van der Waals surface area (Å²) in [5, 5.41) is 3.86. The Bertz CT molecular complexity index is 787. The highest BCUT2D eigenvalue weighted by atomic mass is 35.5. The van der Waals surface area contributed by atoms with E-state index >= 15 is 0 Å². The van der Waals surface area contributed by atoms with E-state index in [1.165, 1.54) is 0 Å². The lowest BCUT2D eigenvalue weighted by Gasteiger charge is -2.29. The second kappa shape index (κ2) is 6.13. The zero-order valence-corrected chi connectivity index (χ0v) is 14.3. The first-order valence-electron chi connectivity index (χ1n) is 8.33. The van der Waals surface area contributed by atoms with Crippen LogP contribution in [0.5, 0.6) is 5.75 Å². The van der Waals surface area contributed by atoms with Crippen LogP contribution in [0.3, 0.4) is 0 Å². The van der Waals surface area contributed by atoms with Crippen LogP contribution < -0.4 is 10.1 Å². The Labute approximate surface area is 146 Å². The van der Waals surface area contributed by atoms with Crippen LogP contribution in [0.1, 0.15) is 23.5 Å². The van der Waals surface area contributed by atoms with Gasteiger partial charge in [0.15, 0.2) is 0 Å². The molecule has 2 atom stereocenters. The summed E-state index contributed by atoms with van der Waals surface area (Å²) in [5.41, 5.74) is 2.04. The van der Waals surface area contributed by atoms with E-state index < -0.39 is 0 Å². The molecule has 0 aliphatic carbocycles. The number of imidazole rings is 1. The molecule has 1 aromatic heterocycles. The summed E-state index contributed by atoms with van der Waals surface area (Å²) < 4.78 is 7.88. The fraction of sp³-hybridized carbons (Fsp3) is 0.444. The van der Waals surface area contributed by atoms with E-state index in [9.17, 15) is 4.79 Å². The molecule has 0 saturated heterocycles. The van der Waals surface area contributed by atoms with Gasteiger partial charge in [-0.3, -0.25) is 4.79 Å². The Morgan fingerprint density at radius 2 is 2.33 bits per heavy atom. The van der Waals surface area contributed by atoms with Gasteiger partial charge in [-0.2, -0.15) is 0 Å². The van der Waals surface area contributed by atoms with E-state index in [0.717, 1.165) is 42.2 Å². The zero-order valence-electron chi connectivity index (χ0n) is 13.6. The number of nitrogens with zero attached hydrogens (tertiary/aromatic N) is 2. The van der Waals surface area contributed by atoms with Gasteiger partial charge in [0.1, 0.15) is 18.2 Å². The summed E-state index contributed by atoms with van der Waals surface area (Å²) in [6, 6.07) is 5.72. The summed E-state index contributed by atoms with van der Waals surface area (Å²) in [4.78, 5) is 17.1. The van der Waals surface area contributed by atoms with Crippen LogP contribution in [-0.2, 0) is 24.2 Å². The first-order chi connectivity index (χ1) is 11.6. The van der Waals surface area contributed by atoms with E-state index in [1.54, 1.807) is 0 Å². The maximum absolute atomic E-state index is 12.6. The average molecular weight is 346 g/mol. The third-order valence-electron chi connectivity index (χ3n) is 4.76. The number of rotatable bonds is 2. The Balaban J connectivity index is 1.40. The molecule has 0 bridgehead atoms. The average Bonchev–Trinajstić information content (AvgIpc) is 2.93. The molecule has 6 heteroatoms. The quantitative estimate of drug-likeness (QED) is 0.910. The molecule has 2 aromatic rings. The number of carbonyl (C=O) groups excluding carboxylic acids is 1. The molecule has 2 aliphatic rings. The SMILES string of the molecule is Cc1cn2c(n1)CC[C@H](NC(=O)[C@H]1COc3ccc(Cl)cc3C1)C2. The van der Waals surface area contributed by atoms with Gasteiger partial charge in [-0.15, -0.1) is 0 Å². The highest BCUT2D eigenvalue weighted by Gasteiger charge is 2.29. The van der Waals surface area contributed by atoms with Crippen molar-refractivity contribution >= 4 is 17.5 Å². The smallest absolute Gasteiger partial charge is 0.227 e. The number of ether oxygens (including phenoxy) is 1. The molecule has 0 saturated carbocycles. The maximum atomic E-state index is 12.6. The van der Waals surface area contributed by atoms with E-state index in [4.69, 9.17) is 16.3 Å². The minimum absolute atomic E-state index is 0.0610. The van der Waals surface area contributed by atoms with Crippen molar-refractivity contribution in [3.8, 4) is 5.75 Å². The second-order valence-corrected chi connectivity index (χ2v) is 7.10. The van der Waals surface area contributed by atoms with Gasteiger partial charge in [-0.05, 0) is 43.5 Å². The van der Waals surface area contributed by atoms with Crippen molar-refractivity contribution in [1.29, 1.82) is 0 Å². The molecule has 1 aromatic carbocycles. The number of hydrogen-bond donors (Lipinski definition) is 1. The highest BCUT2D eigenvalue weighted by Crippen LogP contribution is 2.30. The van der Waals surface area contributed by atoms with Crippen molar-refractivity contribution in [3.63, 3.8) is 0 Å². The van der Waals surface area contributed by atoms with E-state index in [2.05, 4.69) is 21.1 Å². The lowest BCUT2D eigenvalue weighted by atomic mass is 9.95. The summed E-state index contributed by atoms with van der Waals surface area (Å²) in [6.45, 7) is 3.21. The Hall–Kier alpha value is -2.01. The van der Waals surface area contributed by atoms with Crippen LogP contribution in [0.25, 0.3) is 0 Å². The minimum atomic E-state index is -0.165. The van der Waals surface area contributed by atoms with Crippen LogP contribution in [0.4, 0.5) is 0 Å². The molecular weight excluding hydrogens is 326 g/mol. The molecule has 0 fully saturated rings. The Morgan fingerprint density at radius 3 is 3.21 bits per heavy atom. The van der Waals surface area contributed by atoms with Crippen molar-refractivity contribution in [2.24, 2.45) is 5.92 Å². The lowest BCUT2D eigenvalue weighted by molar-refractivity contribution is -0.127. The molecule has 1 N–H and O–H groups in total. The van der Waals surface area contributed by atoms with E-state index in [-0.39, 0.29) is 17.9 Å². The Morgan fingerprint density at radius 1 is 1.46 bits per heavy atom. The van der Waals surface area contributed by atoms with Crippen molar-refractivity contribution in [2.45, 2.75) is 38.8 Å². The minimum Gasteiger partial charge on any atom is -0.492 e. The van der Waals surface area contributed by atoms with Crippen molar-refractivity contribution in [1.82, 2.24) is 14.9 Å². The molecular formula is C18H20ClN3O2. The molecule has 126 valence electrons. The fourth-order valence-corrected chi connectivity index (χ4v) is 3.75. The largest absolute Gasteiger partial charge is 0.492 e. The van der Waals surface area contributed by atoms with Crippen molar-refractivity contribution < 1.29 is 9.53 Å². The first kappa shape index (κ1) is 15.5. The van der Waals surface area contributed by atoms with Gasteiger partial charge in [0, 0.05) is 30.2 Å². The molecule has 0 unspecified atom stereocenters. The number of amides is 1. The van der Waals surface area contributed by atoms with Crippen molar-refractivity contribution in [2.75, 3.05) is 6.61 Å². The van der Waals surface area contributed by atoms with Crippen LogP contribution in [0, 0.1) is 12.8 Å². The number of carbonyl (C=O) groups is 1. The van der Waals surface area contributed by atoms with Gasteiger partial charge in [-0.1, -0.05) is 11.6 Å². The van der Waals surface area contributed by atoms with Gasteiger partial charge in [-0.25, -0.2) is 4.98 Å². The molecule has 3 heterocycles. The van der Waals surface area contributed by atoms with Gasteiger partial charge in [0.25, 0.3) is 0 Å². The molecule has 0 radical (unpaired) electrons. The zero-order chi connectivity index (χ0) is 16.7. The number of halogens is 1. The maximum Gasteiger partial charge on any atom is 0.227 e. The molecule has 4 rings (SSSR count). The fourth-order valence-electron chi connectivity index (χ4n) is 3.55. The number of aryl methyl sites for hydroxylation is 2. The molecule has 5 nitrogen and oxygen atoms in total. The molecule has 24 heavy (non-hydrogen) atoms. The van der Waals surface area contributed by atoms with E-state index in [0.29, 0.717) is 18.1 Å². The first-order valence-corrected chi connectivity index (χ1v) is 8.70. The summed E-state index contributed by atoms with van der Waals surface area (Å²) >= 11 is 6.04. The Kier molecular flexibility index (Phi) is 3.96. The monoisotopic (exact) mass is 345 g/mol. The van der Waals surface area contributed by atoms with Gasteiger partial charge < -0.3 is 14.6 Å². The standard InChI is InChI=1S/C18H20ClN3O2/c1-11-8-22-9-15(3-5-17(22)20-11)21-18(23)13-6-12-7-14(19)2-4-16(12)24-10-13/h2,4,7-8,13,15H,3,5-6,9-10H2,1H3,(H,21,23)/t13-,15+/m1/s1. The molecule has 0 spiro atoms. The summed E-state index contributed by atoms with van der Waals surface area (Å²) in [5.74, 6) is 1.84. The van der Waals surface area contributed by atoms with Crippen LogP contribution in [0.2, 0.25) is 5.02 Å². The molecule has 1 amide bonds. The number of fused-ring (bicyclic) bond motifs is 2. The second-order valence-electron chi connectivity index (χ2n) is 6.66. The van der Waals surface area contributed by atoms with Gasteiger partial charge >= 0.3 is 0 Å². The summed E-state index contributed by atoms with van der Waals surface area (Å²) in [6.07, 6.45) is 4.55. The number of hydrogen-bond acceptors (Lipinski definition) is 3. The van der Waals surface area contributed by atoms with E-state index in [1.807, 2.05) is 25.1 Å². The highest BCUT2D eigenvalue weighted by molar-refractivity contribution is 6.30. The van der Waals surface area contributed by atoms with Crippen LogP contribution >= 0.6 is 11.6 Å². The third-order valence-corrected chi connectivity index (χ3v) is 4.99. The normalized spacial score (nSPS) is 22.2. The van der Waals surface area contributed by atoms with Gasteiger partial charge in [0.05, 0.1) is 11.6 Å². The topological polar surface area (TPSA) is 56.2 Å². The third kappa shape index (κ3) is 3.00.